The maximum atomic E-state index is 6.27. The molecule has 2 nitrogen and oxygen atoms in total. The number of nitrogens with one attached hydrogen (secondary N) is 1. The Hall–Kier alpha value is -0.280. The smallest absolute Gasteiger partial charge is 0.0624 e. The molecule has 1 saturated heterocycles. The fourth-order valence-electron chi connectivity index (χ4n) is 2.67. The lowest BCUT2D eigenvalue weighted by atomic mass is 9.94. The van der Waals surface area contributed by atoms with E-state index in [2.05, 4.69) is 18.3 Å². The number of hydrogen-bond donors (Lipinski definition) is 1. The molecule has 19 heavy (non-hydrogen) atoms. The average Bonchev–Trinajstić information content (AvgIpc) is 2.88. The van der Waals surface area contributed by atoms with Crippen LogP contribution in [-0.2, 0) is 11.2 Å². The van der Waals surface area contributed by atoms with Gasteiger partial charge in [-0.2, -0.15) is 0 Å². The van der Waals surface area contributed by atoms with E-state index in [0.29, 0.717) is 22.0 Å². The second kappa shape index (κ2) is 7.49. The summed E-state index contributed by atoms with van der Waals surface area (Å²) in [5.74, 6) is 0.669. The van der Waals surface area contributed by atoms with Gasteiger partial charge in [0.1, 0.15) is 0 Å². The van der Waals surface area contributed by atoms with Crippen molar-refractivity contribution < 1.29 is 4.74 Å². The zero-order chi connectivity index (χ0) is 13.7. The van der Waals surface area contributed by atoms with Gasteiger partial charge in [0.2, 0.25) is 0 Å². The van der Waals surface area contributed by atoms with E-state index in [1.165, 1.54) is 6.42 Å². The van der Waals surface area contributed by atoms with Crippen LogP contribution >= 0.6 is 23.2 Å². The van der Waals surface area contributed by atoms with Crippen molar-refractivity contribution in [2.45, 2.75) is 32.2 Å². The van der Waals surface area contributed by atoms with Gasteiger partial charge in [-0.3, -0.25) is 0 Å². The molecule has 2 rings (SSSR count). The van der Waals surface area contributed by atoms with Crippen molar-refractivity contribution in [1.29, 1.82) is 0 Å². The molecule has 1 aromatic rings. The molecule has 0 aliphatic carbocycles. The van der Waals surface area contributed by atoms with E-state index in [9.17, 15) is 0 Å². The zero-order valence-corrected chi connectivity index (χ0v) is 12.8. The maximum Gasteiger partial charge on any atom is 0.0624 e. The van der Waals surface area contributed by atoms with E-state index >= 15 is 0 Å². The predicted molar refractivity (Wildman–Crippen MR) is 81.2 cm³/mol. The van der Waals surface area contributed by atoms with Gasteiger partial charge in [-0.25, -0.2) is 0 Å². The first-order valence-corrected chi connectivity index (χ1v) is 7.70. The number of halogens is 2. The lowest BCUT2D eigenvalue weighted by molar-refractivity contribution is 0.181. The summed E-state index contributed by atoms with van der Waals surface area (Å²) in [6.45, 7) is 4.90. The minimum Gasteiger partial charge on any atom is -0.381 e. The highest BCUT2D eigenvalue weighted by molar-refractivity contribution is 6.42. The zero-order valence-electron chi connectivity index (χ0n) is 11.3. The van der Waals surface area contributed by atoms with Crippen molar-refractivity contribution in [1.82, 2.24) is 5.32 Å². The van der Waals surface area contributed by atoms with Gasteiger partial charge >= 0.3 is 0 Å². The Labute approximate surface area is 125 Å². The lowest BCUT2D eigenvalue weighted by Crippen LogP contribution is -2.33. The normalized spacial score (nSPS) is 20.7. The minimum absolute atomic E-state index is 0.438. The molecular weight excluding hydrogens is 281 g/mol. The second-order valence-corrected chi connectivity index (χ2v) is 5.92. The molecule has 4 heteroatoms. The van der Waals surface area contributed by atoms with Gasteiger partial charge in [-0.1, -0.05) is 42.3 Å². The van der Waals surface area contributed by atoms with Crippen molar-refractivity contribution in [3.8, 4) is 0 Å². The Morgan fingerprint density at radius 3 is 2.95 bits per heavy atom. The Morgan fingerprint density at radius 1 is 1.42 bits per heavy atom. The lowest BCUT2D eigenvalue weighted by Gasteiger charge is -2.21. The number of likely N-dealkylation sites (N-methyl/N-ethyl adjacent to an activating group) is 1. The largest absolute Gasteiger partial charge is 0.381 e. The monoisotopic (exact) mass is 301 g/mol. The fraction of sp³-hybridized carbons (Fsp3) is 0.600. The van der Waals surface area contributed by atoms with Crippen LogP contribution in [0.2, 0.25) is 10.0 Å². The number of benzene rings is 1. The molecular formula is C15H21Cl2NO. The van der Waals surface area contributed by atoms with Crippen LogP contribution in [0.1, 0.15) is 25.3 Å². The molecule has 2 atom stereocenters. The summed E-state index contributed by atoms with van der Waals surface area (Å²) in [6.07, 6.45) is 3.23. The van der Waals surface area contributed by atoms with Crippen LogP contribution in [0, 0.1) is 5.92 Å². The first-order valence-electron chi connectivity index (χ1n) is 6.94. The van der Waals surface area contributed by atoms with E-state index in [0.717, 1.165) is 38.2 Å². The summed E-state index contributed by atoms with van der Waals surface area (Å²) >= 11 is 12.3. The van der Waals surface area contributed by atoms with Gasteiger partial charge in [-0.05, 0) is 43.4 Å². The van der Waals surface area contributed by atoms with Crippen molar-refractivity contribution >= 4 is 23.2 Å². The molecule has 0 amide bonds. The van der Waals surface area contributed by atoms with Crippen LogP contribution in [-0.4, -0.2) is 25.8 Å². The van der Waals surface area contributed by atoms with E-state index in [1.807, 2.05) is 12.1 Å². The second-order valence-electron chi connectivity index (χ2n) is 5.14. The Kier molecular flexibility index (Phi) is 5.96. The van der Waals surface area contributed by atoms with Crippen molar-refractivity contribution in [3.05, 3.63) is 33.8 Å². The summed E-state index contributed by atoms with van der Waals surface area (Å²) in [6, 6.07) is 6.29. The molecule has 1 N–H and O–H groups in total. The molecule has 1 aliphatic heterocycles. The van der Waals surface area contributed by atoms with Crippen LogP contribution in [0.4, 0.5) is 0 Å². The predicted octanol–water partition coefficient (Wildman–Crippen LogP) is 3.94. The van der Waals surface area contributed by atoms with Gasteiger partial charge in [0, 0.05) is 19.3 Å². The SMILES string of the molecule is CCNC(Cc1cccc(Cl)c1Cl)CC1CCOC1. The standard InChI is InChI=1S/C15H21Cl2NO/c1-2-18-13(8-11-6-7-19-10-11)9-12-4-3-5-14(16)15(12)17/h3-5,11,13,18H,2,6-10H2,1H3. The first-order chi connectivity index (χ1) is 9.20. The van der Waals surface area contributed by atoms with Gasteiger partial charge in [0.25, 0.3) is 0 Å². The van der Waals surface area contributed by atoms with Crippen molar-refractivity contribution in [2.75, 3.05) is 19.8 Å². The maximum absolute atomic E-state index is 6.27. The van der Waals surface area contributed by atoms with Crippen LogP contribution in [0.15, 0.2) is 18.2 Å². The molecule has 0 spiro atoms. The van der Waals surface area contributed by atoms with Gasteiger partial charge in [-0.15, -0.1) is 0 Å². The molecule has 2 unspecified atom stereocenters. The summed E-state index contributed by atoms with van der Waals surface area (Å²) in [7, 11) is 0. The number of rotatable bonds is 6. The summed E-state index contributed by atoms with van der Waals surface area (Å²) < 4.78 is 5.45. The third-order valence-corrected chi connectivity index (χ3v) is 4.49. The molecule has 1 aromatic carbocycles. The molecule has 1 aliphatic rings. The molecule has 106 valence electrons. The van der Waals surface area contributed by atoms with E-state index < -0.39 is 0 Å². The third-order valence-electron chi connectivity index (χ3n) is 3.63. The molecule has 0 bridgehead atoms. The number of hydrogen-bond acceptors (Lipinski definition) is 2. The highest BCUT2D eigenvalue weighted by atomic mass is 35.5. The Bertz CT molecular complexity index is 405. The molecule has 1 fully saturated rings. The highest BCUT2D eigenvalue weighted by Gasteiger charge is 2.21. The van der Waals surface area contributed by atoms with Crippen LogP contribution in [0.25, 0.3) is 0 Å². The quantitative estimate of drug-likeness (QED) is 0.859. The van der Waals surface area contributed by atoms with Crippen molar-refractivity contribution in [2.24, 2.45) is 5.92 Å². The van der Waals surface area contributed by atoms with Gasteiger partial charge in [0.15, 0.2) is 0 Å². The first kappa shape index (κ1) is 15.1. The molecule has 1 heterocycles. The van der Waals surface area contributed by atoms with E-state index in [4.69, 9.17) is 27.9 Å². The molecule has 0 radical (unpaired) electrons. The van der Waals surface area contributed by atoms with Crippen LogP contribution < -0.4 is 5.32 Å². The summed E-state index contributed by atoms with van der Waals surface area (Å²) in [5, 5.41) is 4.87. The number of ether oxygens (including phenoxy) is 1. The summed E-state index contributed by atoms with van der Waals surface area (Å²) in [5.41, 5.74) is 1.12. The highest BCUT2D eigenvalue weighted by Crippen LogP contribution is 2.28. The minimum atomic E-state index is 0.438. The van der Waals surface area contributed by atoms with Crippen LogP contribution in [0.5, 0.6) is 0 Å². The van der Waals surface area contributed by atoms with E-state index in [1.54, 1.807) is 0 Å². The fourth-order valence-corrected chi connectivity index (χ4v) is 3.07. The topological polar surface area (TPSA) is 21.3 Å². The average molecular weight is 302 g/mol. The Morgan fingerprint density at radius 2 is 2.26 bits per heavy atom. The molecule has 0 aromatic heterocycles. The van der Waals surface area contributed by atoms with E-state index in [-0.39, 0.29) is 0 Å². The van der Waals surface area contributed by atoms with Gasteiger partial charge < -0.3 is 10.1 Å². The third kappa shape index (κ3) is 4.35. The molecule has 0 saturated carbocycles. The van der Waals surface area contributed by atoms with Gasteiger partial charge in [0.05, 0.1) is 10.0 Å². The van der Waals surface area contributed by atoms with Crippen LogP contribution in [0.3, 0.4) is 0 Å². The van der Waals surface area contributed by atoms with Crippen molar-refractivity contribution in [3.63, 3.8) is 0 Å². The Balaban J connectivity index is 2.00. The summed E-state index contributed by atoms with van der Waals surface area (Å²) in [4.78, 5) is 0.